The van der Waals surface area contributed by atoms with Gasteiger partial charge in [0.2, 0.25) is 0 Å². The van der Waals surface area contributed by atoms with E-state index in [9.17, 15) is 0 Å². The molecule has 3 rings (SSSR count). The van der Waals surface area contributed by atoms with Gasteiger partial charge < -0.3 is 19.1 Å². The van der Waals surface area contributed by atoms with Gasteiger partial charge in [-0.1, -0.05) is 18.2 Å². The highest BCUT2D eigenvalue weighted by molar-refractivity contribution is 5.54. The molecule has 92 valence electrons. The molecule has 0 aromatic heterocycles. The van der Waals surface area contributed by atoms with E-state index >= 15 is 0 Å². The Kier molecular flexibility index (Phi) is 3.27. The van der Waals surface area contributed by atoms with Crippen molar-refractivity contribution in [1.82, 2.24) is 0 Å². The second-order valence-corrected chi connectivity index (χ2v) is 4.23. The predicted molar refractivity (Wildman–Crippen MR) is 64.1 cm³/mol. The minimum absolute atomic E-state index is 0.200. The van der Waals surface area contributed by atoms with E-state index in [0.717, 1.165) is 31.9 Å². The average molecular weight is 235 g/mol. The van der Waals surface area contributed by atoms with Gasteiger partial charge in [0.15, 0.2) is 6.29 Å². The lowest BCUT2D eigenvalue weighted by molar-refractivity contribution is -0.0438. The summed E-state index contributed by atoms with van der Waals surface area (Å²) in [6, 6.07) is 8.31. The van der Waals surface area contributed by atoms with Crippen LogP contribution in [-0.4, -0.2) is 39.5 Å². The van der Waals surface area contributed by atoms with Crippen molar-refractivity contribution in [3.05, 3.63) is 29.8 Å². The summed E-state index contributed by atoms with van der Waals surface area (Å²) in [5, 5.41) is 0. The third-order valence-electron chi connectivity index (χ3n) is 3.16. The minimum atomic E-state index is -0.200. The van der Waals surface area contributed by atoms with E-state index in [1.165, 1.54) is 5.69 Å². The Morgan fingerprint density at radius 2 is 1.65 bits per heavy atom. The van der Waals surface area contributed by atoms with Crippen molar-refractivity contribution in [2.45, 2.75) is 6.29 Å². The number of morpholine rings is 1. The van der Waals surface area contributed by atoms with Gasteiger partial charge in [0.1, 0.15) is 0 Å². The molecule has 0 spiro atoms. The molecule has 17 heavy (non-hydrogen) atoms. The Labute approximate surface area is 101 Å². The molecule has 0 bridgehead atoms. The summed E-state index contributed by atoms with van der Waals surface area (Å²) in [6.07, 6.45) is -0.200. The van der Waals surface area contributed by atoms with Crippen molar-refractivity contribution in [1.29, 1.82) is 0 Å². The zero-order valence-corrected chi connectivity index (χ0v) is 9.80. The first-order valence-corrected chi connectivity index (χ1v) is 6.10. The van der Waals surface area contributed by atoms with Crippen LogP contribution in [0, 0.1) is 0 Å². The maximum absolute atomic E-state index is 5.59. The highest BCUT2D eigenvalue weighted by Gasteiger charge is 2.24. The fourth-order valence-electron chi connectivity index (χ4n) is 2.32. The smallest absolute Gasteiger partial charge is 0.186 e. The molecule has 2 aliphatic rings. The molecule has 2 saturated heterocycles. The number of anilines is 1. The lowest BCUT2D eigenvalue weighted by Gasteiger charge is -2.31. The number of hydrogen-bond acceptors (Lipinski definition) is 4. The third-order valence-corrected chi connectivity index (χ3v) is 3.16. The molecule has 0 amide bonds. The second kappa shape index (κ2) is 5.04. The summed E-state index contributed by atoms with van der Waals surface area (Å²) < 4.78 is 16.6. The Bertz CT molecular complexity index is 371. The van der Waals surface area contributed by atoms with Crippen LogP contribution in [0.5, 0.6) is 0 Å². The zero-order valence-electron chi connectivity index (χ0n) is 9.80. The first-order valence-electron chi connectivity index (χ1n) is 6.10. The average Bonchev–Trinajstić information content (AvgIpc) is 2.94. The van der Waals surface area contributed by atoms with Gasteiger partial charge in [-0.2, -0.15) is 0 Å². The fraction of sp³-hybridized carbons (Fsp3) is 0.538. The van der Waals surface area contributed by atoms with Crippen LogP contribution in [-0.2, 0) is 14.2 Å². The number of rotatable bonds is 2. The third kappa shape index (κ3) is 2.29. The van der Waals surface area contributed by atoms with Crippen molar-refractivity contribution in [3.63, 3.8) is 0 Å². The summed E-state index contributed by atoms with van der Waals surface area (Å²) in [5.41, 5.74) is 2.34. The van der Waals surface area contributed by atoms with E-state index in [1.807, 2.05) is 6.07 Å². The minimum Gasteiger partial charge on any atom is -0.378 e. The molecule has 2 aliphatic heterocycles. The highest BCUT2D eigenvalue weighted by atomic mass is 16.7. The first kappa shape index (κ1) is 11.0. The van der Waals surface area contributed by atoms with Crippen LogP contribution in [0.2, 0.25) is 0 Å². The molecule has 0 N–H and O–H groups in total. The molecule has 0 saturated carbocycles. The molecular formula is C13H17NO3. The first-order chi connectivity index (χ1) is 8.45. The van der Waals surface area contributed by atoms with Crippen LogP contribution >= 0.6 is 0 Å². The van der Waals surface area contributed by atoms with Crippen molar-refractivity contribution in [3.8, 4) is 0 Å². The van der Waals surface area contributed by atoms with Crippen LogP contribution in [0.4, 0.5) is 5.69 Å². The summed E-state index contributed by atoms with van der Waals surface area (Å²) in [4.78, 5) is 2.34. The Morgan fingerprint density at radius 3 is 2.41 bits per heavy atom. The molecule has 4 heteroatoms. The van der Waals surface area contributed by atoms with Gasteiger partial charge in [-0.15, -0.1) is 0 Å². The largest absolute Gasteiger partial charge is 0.378 e. The molecule has 0 aliphatic carbocycles. The number of hydrogen-bond donors (Lipinski definition) is 0. The normalized spacial score (nSPS) is 22.0. The van der Waals surface area contributed by atoms with Gasteiger partial charge >= 0.3 is 0 Å². The fourth-order valence-corrected chi connectivity index (χ4v) is 2.32. The SMILES string of the molecule is c1ccc(N2CCOCC2)c(C2OCCO2)c1. The molecular weight excluding hydrogens is 218 g/mol. The summed E-state index contributed by atoms with van der Waals surface area (Å²) in [6.45, 7) is 4.82. The van der Waals surface area contributed by atoms with Crippen LogP contribution in [0.25, 0.3) is 0 Å². The molecule has 2 fully saturated rings. The van der Waals surface area contributed by atoms with Crippen LogP contribution in [0.3, 0.4) is 0 Å². The van der Waals surface area contributed by atoms with Crippen molar-refractivity contribution < 1.29 is 14.2 Å². The van der Waals surface area contributed by atoms with E-state index in [-0.39, 0.29) is 6.29 Å². The molecule has 0 unspecified atom stereocenters. The summed E-state index contributed by atoms with van der Waals surface area (Å²) in [7, 11) is 0. The zero-order chi connectivity index (χ0) is 11.5. The molecule has 1 aromatic carbocycles. The quantitative estimate of drug-likeness (QED) is 0.778. The number of benzene rings is 1. The maximum atomic E-state index is 5.59. The molecule has 4 nitrogen and oxygen atoms in total. The molecule has 2 heterocycles. The van der Waals surface area contributed by atoms with Crippen LogP contribution in [0.1, 0.15) is 11.9 Å². The highest BCUT2D eigenvalue weighted by Crippen LogP contribution is 2.32. The number of ether oxygens (including phenoxy) is 3. The van der Waals surface area contributed by atoms with Gasteiger partial charge in [-0.05, 0) is 6.07 Å². The van der Waals surface area contributed by atoms with Crippen molar-refractivity contribution in [2.24, 2.45) is 0 Å². The summed E-state index contributed by atoms with van der Waals surface area (Å²) >= 11 is 0. The van der Waals surface area contributed by atoms with E-state index in [2.05, 4.69) is 23.1 Å². The maximum Gasteiger partial charge on any atom is 0.186 e. The Balaban J connectivity index is 1.86. The second-order valence-electron chi connectivity index (χ2n) is 4.23. The lowest BCUT2D eigenvalue weighted by Crippen LogP contribution is -2.37. The van der Waals surface area contributed by atoms with E-state index in [1.54, 1.807) is 0 Å². The van der Waals surface area contributed by atoms with Gasteiger partial charge in [0.05, 0.1) is 26.4 Å². The molecule has 1 aromatic rings. The van der Waals surface area contributed by atoms with Crippen LogP contribution < -0.4 is 4.90 Å². The topological polar surface area (TPSA) is 30.9 Å². The monoisotopic (exact) mass is 235 g/mol. The summed E-state index contributed by atoms with van der Waals surface area (Å²) in [5.74, 6) is 0. The molecule has 0 atom stereocenters. The van der Waals surface area contributed by atoms with Gasteiger partial charge in [0, 0.05) is 24.3 Å². The van der Waals surface area contributed by atoms with Crippen molar-refractivity contribution >= 4 is 5.69 Å². The van der Waals surface area contributed by atoms with Gasteiger partial charge in [-0.25, -0.2) is 0 Å². The lowest BCUT2D eigenvalue weighted by atomic mass is 10.1. The van der Waals surface area contributed by atoms with E-state index in [0.29, 0.717) is 13.2 Å². The van der Waals surface area contributed by atoms with Gasteiger partial charge in [-0.3, -0.25) is 0 Å². The standard InChI is InChI=1S/C13H17NO3/c1-2-4-12(14-5-7-15-8-6-14)11(3-1)13-16-9-10-17-13/h1-4,13H,5-10H2. The number of nitrogens with zero attached hydrogens (tertiary/aromatic N) is 1. The van der Waals surface area contributed by atoms with Gasteiger partial charge in [0.25, 0.3) is 0 Å². The van der Waals surface area contributed by atoms with E-state index in [4.69, 9.17) is 14.2 Å². The Hall–Kier alpha value is -1.10. The Morgan fingerprint density at radius 1 is 0.941 bits per heavy atom. The van der Waals surface area contributed by atoms with Crippen LogP contribution in [0.15, 0.2) is 24.3 Å². The predicted octanol–water partition coefficient (Wildman–Crippen LogP) is 1.57. The van der Waals surface area contributed by atoms with Crippen molar-refractivity contribution in [2.75, 3.05) is 44.4 Å². The molecule has 0 radical (unpaired) electrons. The number of para-hydroxylation sites is 1. The van der Waals surface area contributed by atoms with E-state index < -0.39 is 0 Å².